The fourth-order valence-corrected chi connectivity index (χ4v) is 1.05. The van der Waals surface area contributed by atoms with Crippen molar-refractivity contribution in [3.05, 3.63) is 53.6 Å². The van der Waals surface area contributed by atoms with Crippen LogP contribution in [0.5, 0.6) is 0 Å². The van der Waals surface area contributed by atoms with Gasteiger partial charge in [0.05, 0.1) is 0 Å². The van der Waals surface area contributed by atoms with Crippen LogP contribution in [-0.2, 0) is 9.59 Å². The highest BCUT2D eigenvalue weighted by Crippen LogP contribution is 1.98. The highest BCUT2D eigenvalue weighted by atomic mass is 16.4. The number of allylic oxidation sites excluding steroid dienone is 2. The van der Waals surface area contributed by atoms with Gasteiger partial charge in [-0.2, -0.15) is 0 Å². The van der Waals surface area contributed by atoms with Gasteiger partial charge in [-0.25, -0.2) is 9.59 Å². The lowest BCUT2D eigenvalue weighted by atomic mass is 10.2. The number of carbonyl (C=O) groups is 1. The monoisotopic (exact) mass is 226 g/mol. The Bertz CT molecular complexity index is 524. The van der Waals surface area contributed by atoms with Crippen molar-refractivity contribution in [2.75, 3.05) is 0 Å². The van der Waals surface area contributed by atoms with Crippen LogP contribution < -0.4 is 0 Å². The fraction of sp³-hybridized carbons (Fsp3) is 0.0714. The average Bonchev–Trinajstić information content (AvgIpc) is 2.34. The molecule has 0 spiro atoms. The van der Waals surface area contributed by atoms with E-state index in [1.165, 1.54) is 18.1 Å². The first-order valence-electron chi connectivity index (χ1n) is 4.93. The van der Waals surface area contributed by atoms with Crippen molar-refractivity contribution >= 4 is 11.9 Å². The molecule has 0 fully saturated rings. The molecule has 84 valence electrons. The standard InChI is InChI=1S/C14H10O3/c15-11-13(14(16)17)10-6-2-5-9-12-7-3-1-4-8-12/h1-4,6-8H,10H2,(H,16,17). The number of rotatable bonds is 3. The molecule has 0 saturated carbocycles. The van der Waals surface area contributed by atoms with Gasteiger partial charge < -0.3 is 5.11 Å². The maximum absolute atomic E-state index is 10.4. The first kappa shape index (κ1) is 12.5. The first-order chi connectivity index (χ1) is 8.24. The second-order valence-electron chi connectivity index (χ2n) is 3.13. The van der Waals surface area contributed by atoms with Gasteiger partial charge in [-0.05, 0) is 18.2 Å². The van der Waals surface area contributed by atoms with Crippen LogP contribution in [0.1, 0.15) is 12.0 Å². The van der Waals surface area contributed by atoms with E-state index in [4.69, 9.17) is 5.11 Å². The molecule has 0 saturated heterocycles. The van der Waals surface area contributed by atoms with Crippen LogP contribution in [0.2, 0.25) is 0 Å². The minimum absolute atomic E-state index is 0.0301. The smallest absolute Gasteiger partial charge is 0.343 e. The van der Waals surface area contributed by atoms with Crippen LogP contribution in [0, 0.1) is 11.8 Å². The average molecular weight is 226 g/mol. The molecule has 0 radical (unpaired) electrons. The minimum atomic E-state index is -1.25. The zero-order chi connectivity index (χ0) is 12.5. The number of hydrogen-bond donors (Lipinski definition) is 1. The van der Waals surface area contributed by atoms with E-state index in [1.54, 1.807) is 0 Å². The number of aliphatic carboxylic acids is 1. The molecular formula is C14H10O3. The summed E-state index contributed by atoms with van der Waals surface area (Å²) in [5, 5.41) is 8.54. The predicted molar refractivity (Wildman–Crippen MR) is 63.9 cm³/mol. The van der Waals surface area contributed by atoms with Crippen LogP contribution in [0.3, 0.4) is 0 Å². The summed E-state index contributed by atoms with van der Waals surface area (Å²) in [7, 11) is 0. The lowest BCUT2D eigenvalue weighted by Crippen LogP contribution is -1.99. The van der Waals surface area contributed by atoms with Crippen molar-refractivity contribution in [1.82, 2.24) is 0 Å². The lowest BCUT2D eigenvalue weighted by Gasteiger charge is -1.88. The maximum atomic E-state index is 10.4. The van der Waals surface area contributed by atoms with Gasteiger partial charge in [0.25, 0.3) is 0 Å². The largest absolute Gasteiger partial charge is 0.477 e. The maximum Gasteiger partial charge on any atom is 0.343 e. The SMILES string of the molecule is O=C=C(CC=CC#Cc1ccccc1)C(=O)O. The second kappa shape index (κ2) is 6.84. The van der Waals surface area contributed by atoms with E-state index in [9.17, 15) is 9.59 Å². The Morgan fingerprint density at radius 3 is 2.59 bits per heavy atom. The van der Waals surface area contributed by atoms with E-state index >= 15 is 0 Å². The zero-order valence-corrected chi connectivity index (χ0v) is 9.01. The Morgan fingerprint density at radius 1 is 1.29 bits per heavy atom. The molecule has 3 nitrogen and oxygen atoms in total. The summed E-state index contributed by atoms with van der Waals surface area (Å²) >= 11 is 0. The topological polar surface area (TPSA) is 54.4 Å². The van der Waals surface area contributed by atoms with Gasteiger partial charge in [-0.15, -0.1) is 0 Å². The highest BCUT2D eigenvalue weighted by Gasteiger charge is 2.04. The summed E-state index contributed by atoms with van der Waals surface area (Å²) in [6.45, 7) is 0. The molecule has 1 aromatic carbocycles. The first-order valence-corrected chi connectivity index (χ1v) is 4.93. The molecule has 1 N–H and O–H groups in total. The quantitative estimate of drug-likeness (QED) is 0.486. The van der Waals surface area contributed by atoms with Crippen LogP contribution in [0.25, 0.3) is 0 Å². The molecule has 0 aliphatic heterocycles. The molecule has 1 rings (SSSR count). The predicted octanol–water partition coefficient (Wildman–Crippen LogP) is 1.83. The zero-order valence-electron chi connectivity index (χ0n) is 9.01. The van der Waals surface area contributed by atoms with E-state index < -0.39 is 5.97 Å². The molecule has 1 aromatic rings. The summed E-state index contributed by atoms with van der Waals surface area (Å²) in [4.78, 5) is 20.7. The van der Waals surface area contributed by atoms with Crippen molar-refractivity contribution < 1.29 is 14.7 Å². The molecule has 0 heterocycles. The number of carboxylic acid groups (broad SMARTS) is 1. The number of hydrogen-bond acceptors (Lipinski definition) is 2. The summed E-state index contributed by atoms with van der Waals surface area (Å²) in [5.41, 5.74) is 0.573. The van der Waals surface area contributed by atoms with Crippen molar-refractivity contribution in [3.63, 3.8) is 0 Å². The third kappa shape index (κ3) is 4.65. The Morgan fingerprint density at radius 2 is 2.00 bits per heavy atom. The van der Waals surface area contributed by atoms with Gasteiger partial charge in [-0.3, -0.25) is 0 Å². The normalized spacial score (nSPS) is 9.18. The molecule has 0 aromatic heterocycles. The van der Waals surface area contributed by atoms with Gasteiger partial charge in [0.15, 0.2) is 0 Å². The molecule has 0 atom stereocenters. The summed E-state index contributed by atoms with van der Waals surface area (Å²) in [6.07, 6.45) is 3.07. The van der Waals surface area contributed by atoms with Crippen molar-refractivity contribution in [2.45, 2.75) is 6.42 Å². The molecule has 0 bridgehead atoms. The van der Waals surface area contributed by atoms with Crippen LogP contribution >= 0.6 is 0 Å². The highest BCUT2D eigenvalue weighted by molar-refractivity contribution is 5.95. The molecular weight excluding hydrogens is 216 g/mol. The molecule has 3 heteroatoms. The summed E-state index contributed by atoms with van der Waals surface area (Å²) < 4.78 is 0. The van der Waals surface area contributed by atoms with E-state index in [1.807, 2.05) is 30.3 Å². The number of carbonyl (C=O) groups excluding carboxylic acids is 1. The van der Waals surface area contributed by atoms with Crippen molar-refractivity contribution in [2.24, 2.45) is 0 Å². The molecule has 17 heavy (non-hydrogen) atoms. The lowest BCUT2D eigenvalue weighted by molar-refractivity contribution is -0.132. The van der Waals surface area contributed by atoms with Gasteiger partial charge in [0, 0.05) is 12.0 Å². The van der Waals surface area contributed by atoms with Crippen molar-refractivity contribution in [1.29, 1.82) is 0 Å². The van der Waals surface area contributed by atoms with Gasteiger partial charge in [-0.1, -0.05) is 36.1 Å². The fourth-order valence-electron chi connectivity index (χ4n) is 1.05. The number of carboxylic acids is 1. The van der Waals surface area contributed by atoms with Crippen LogP contribution in [0.15, 0.2) is 48.1 Å². The molecule has 0 unspecified atom stereocenters. The minimum Gasteiger partial charge on any atom is -0.477 e. The van der Waals surface area contributed by atoms with Crippen LogP contribution in [0.4, 0.5) is 0 Å². The third-order valence-electron chi connectivity index (χ3n) is 1.89. The Kier molecular flexibility index (Phi) is 5.03. The Hall–Kier alpha value is -2.56. The number of benzene rings is 1. The van der Waals surface area contributed by atoms with Crippen molar-refractivity contribution in [3.8, 4) is 11.8 Å². The summed E-state index contributed by atoms with van der Waals surface area (Å²) in [5.74, 6) is 5.76. The van der Waals surface area contributed by atoms with E-state index in [2.05, 4.69) is 11.8 Å². The van der Waals surface area contributed by atoms with Gasteiger partial charge in [0.1, 0.15) is 11.5 Å². The van der Waals surface area contributed by atoms with Crippen LogP contribution in [-0.4, -0.2) is 17.0 Å². The molecule has 0 aliphatic rings. The molecule has 0 amide bonds. The van der Waals surface area contributed by atoms with E-state index in [-0.39, 0.29) is 12.0 Å². The van der Waals surface area contributed by atoms with Gasteiger partial charge >= 0.3 is 5.97 Å². The Balaban J connectivity index is 2.55. The summed E-state index contributed by atoms with van der Waals surface area (Å²) in [6, 6.07) is 9.40. The van der Waals surface area contributed by atoms with Gasteiger partial charge in [0.2, 0.25) is 0 Å². The molecule has 0 aliphatic carbocycles. The third-order valence-corrected chi connectivity index (χ3v) is 1.89. The van der Waals surface area contributed by atoms with E-state index in [0.29, 0.717) is 0 Å². The Labute approximate surface area is 99.1 Å². The van der Waals surface area contributed by atoms with E-state index in [0.717, 1.165) is 5.56 Å². The second-order valence-corrected chi connectivity index (χ2v) is 3.13.